The first-order chi connectivity index (χ1) is 8.93. The van der Waals surface area contributed by atoms with Crippen LogP contribution in [0, 0.1) is 11.2 Å². The second-order valence-electron chi connectivity index (χ2n) is 4.95. The Morgan fingerprint density at radius 1 is 1.32 bits per heavy atom. The van der Waals surface area contributed by atoms with E-state index in [0.717, 1.165) is 0 Å². The maximum Gasteiger partial charge on any atom is 0.154 e. The van der Waals surface area contributed by atoms with Gasteiger partial charge in [0.15, 0.2) is 9.84 Å². The summed E-state index contributed by atoms with van der Waals surface area (Å²) in [6.45, 7) is 0.652. The second kappa shape index (κ2) is 4.85. The molecule has 6 heteroatoms. The van der Waals surface area contributed by atoms with Gasteiger partial charge in [0.2, 0.25) is 0 Å². The van der Waals surface area contributed by atoms with Crippen molar-refractivity contribution in [2.45, 2.75) is 18.1 Å². The molecule has 2 N–H and O–H groups in total. The minimum Gasteiger partial charge on any atom is -0.396 e. The van der Waals surface area contributed by atoms with Gasteiger partial charge in [0.1, 0.15) is 5.82 Å². The maximum atomic E-state index is 13.2. The molecular weight excluding hydrogens is 271 g/mol. The Hall–Kier alpha value is -0.980. The Balaban J connectivity index is 2.45. The number of halogens is 1. The fourth-order valence-electron chi connectivity index (χ4n) is 2.83. The highest BCUT2D eigenvalue weighted by Crippen LogP contribution is 2.62. The van der Waals surface area contributed by atoms with E-state index in [1.54, 1.807) is 6.07 Å². The molecule has 0 bridgehead atoms. The normalized spacial score (nSPS) is 25.3. The molecule has 106 valence electrons. The third-order valence-corrected chi connectivity index (χ3v) is 6.29. The third kappa shape index (κ3) is 2.17. The van der Waals surface area contributed by atoms with Crippen molar-refractivity contribution in [1.29, 1.82) is 0 Å². The molecule has 1 aromatic rings. The number of hydrogen-bond acceptors (Lipinski definition) is 4. The summed E-state index contributed by atoms with van der Waals surface area (Å²) in [5, 5.41) is 18.1. The molecule has 1 aromatic carbocycles. The van der Waals surface area contributed by atoms with Crippen molar-refractivity contribution in [2.24, 2.45) is 5.41 Å². The predicted molar refractivity (Wildman–Crippen MR) is 69.0 cm³/mol. The molecule has 2 rings (SSSR count). The van der Waals surface area contributed by atoms with Crippen LogP contribution in [0.3, 0.4) is 0 Å². The first-order valence-electron chi connectivity index (χ1n) is 6.11. The van der Waals surface area contributed by atoms with Crippen molar-refractivity contribution in [3.8, 4) is 0 Å². The molecule has 0 saturated heterocycles. The minimum absolute atomic E-state index is 0.0643. The van der Waals surface area contributed by atoms with Gasteiger partial charge in [-0.15, -0.1) is 0 Å². The summed E-state index contributed by atoms with van der Waals surface area (Å²) in [6, 6.07) is 5.65. The summed E-state index contributed by atoms with van der Waals surface area (Å²) in [4.78, 5) is 0. The predicted octanol–water partition coefficient (Wildman–Crippen LogP) is 0.697. The van der Waals surface area contributed by atoms with E-state index in [2.05, 4.69) is 0 Å². The van der Waals surface area contributed by atoms with Gasteiger partial charge in [0, 0.05) is 17.1 Å². The van der Waals surface area contributed by atoms with E-state index in [9.17, 15) is 23.0 Å². The van der Waals surface area contributed by atoms with Gasteiger partial charge in [0.25, 0.3) is 0 Å². The van der Waals surface area contributed by atoms with Gasteiger partial charge in [0.05, 0.1) is 18.5 Å². The van der Waals surface area contributed by atoms with Gasteiger partial charge in [-0.1, -0.05) is 19.1 Å². The fraction of sp³-hybridized carbons (Fsp3) is 0.538. The quantitative estimate of drug-likeness (QED) is 0.836. The lowest BCUT2D eigenvalue weighted by Gasteiger charge is -2.10. The van der Waals surface area contributed by atoms with Crippen LogP contribution in [0.2, 0.25) is 0 Å². The number of aliphatic hydroxyl groups is 2. The van der Waals surface area contributed by atoms with Crippen molar-refractivity contribution < 1.29 is 23.0 Å². The van der Waals surface area contributed by atoms with Gasteiger partial charge < -0.3 is 10.2 Å². The minimum atomic E-state index is -3.41. The van der Waals surface area contributed by atoms with E-state index in [1.165, 1.54) is 25.1 Å². The van der Waals surface area contributed by atoms with Gasteiger partial charge in [-0.3, -0.25) is 0 Å². The zero-order chi connectivity index (χ0) is 14.3. The average Bonchev–Trinajstić information content (AvgIpc) is 3.09. The highest BCUT2D eigenvalue weighted by Gasteiger charge is 2.69. The molecule has 0 aromatic heterocycles. The first kappa shape index (κ1) is 14.4. The zero-order valence-electron chi connectivity index (χ0n) is 10.6. The number of hydrogen-bond donors (Lipinski definition) is 2. The summed E-state index contributed by atoms with van der Waals surface area (Å²) in [7, 11) is -3.41. The molecule has 0 radical (unpaired) electrons. The van der Waals surface area contributed by atoms with Crippen LogP contribution in [0.15, 0.2) is 24.3 Å². The summed E-state index contributed by atoms with van der Waals surface area (Å²) in [5.74, 6) is -1.07. The van der Waals surface area contributed by atoms with Crippen LogP contribution in [0.5, 0.6) is 0 Å². The zero-order valence-corrected chi connectivity index (χ0v) is 11.4. The van der Waals surface area contributed by atoms with E-state index < -0.39 is 45.5 Å². The Kier molecular flexibility index (Phi) is 3.68. The van der Waals surface area contributed by atoms with E-state index in [-0.39, 0.29) is 5.75 Å². The fourth-order valence-corrected chi connectivity index (χ4v) is 4.97. The summed E-state index contributed by atoms with van der Waals surface area (Å²) in [6.07, 6.45) is 0. The lowest BCUT2D eigenvalue weighted by atomic mass is 10.0. The average molecular weight is 288 g/mol. The summed E-state index contributed by atoms with van der Waals surface area (Å²) in [5.41, 5.74) is -0.590. The van der Waals surface area contributed by atoms with Gasteiger partial charge in [-0.2, -0.15) is 0 Å². The molecule has 0 heterocycles. The van der Waals surface area contributed by atoms with Crippen molar-refractivity contribution in [3.05, 3.63) is 35.6 Å². The van der Waals surface area contributed by atoms with Gasteiger partial charge >= 0.3 is 0 Å². The topological polar surface area (TPSA) is 74.6 Å². The smallest absolute Gasteiger partial charge is 0.154 e. The molecule has 1 fully saturated rings. The molecule has 4 nitrogen and oxygen atoms in total. The Morgan fingerprint density at radius 2 is 1.95 bits per heavy atom. The van der Waals surface area contributed by atoms with Gasteiger partial charge in [-0.25, -0.2) is 12.8 Å². The molecule has 0 aliphatic heterocycles. The highest BCUT2D eigenvalue weighted by molar-refractivity contribution is 7.92. The molecule has 0 unspecified atom stereocenters. The van der Waals surface area contributed by atoms with Crippen LogP contribution in [-0.2, 0) is 9.84 Å². The Morgan fingerprint density at radius 3 is 2.42 bits per heavy atom. The van der Waals surface area contributed by atoms with Crippen molar-refractivity contribution >= 4 is 9.84 Å². The molecule has 0 amide bonds. The molecule has 0 spiro atoms. The van der Waals surface area contributed by atoms with Crippen LogP contribution >= 0.6 is 0 Å². The van der Waals surface area contributed by atoms with Crippen molar-refractivity contribution in [3.63, 3.8) is 0 Å². The SMILES string of the molecule is CCS(=O)(=O)[C@H]1[C@H](c2cccc(F)c2)C1(CO)CO. The summed E-state index contributed by atoms with van der Waals surface area (Å²) < 4.78 is 37.3. The number of benzene rings is 1. The lowest BCUT2D eigenvalue weighted by Crippen LogP contribution is -2.23. The van der Waals surface area contributed by atoms with E-state index in [4.69, 9.17) is 0 Å². The molecular formula is C13H17FO4S. The van der Waals surface area contributed by atoms with E-state index in [0.29, 0.717) is 5.56 Å². The number of sulfone groups is 1. The Labute approximate surface area is 111 Å². The monoisotopic (exact) mass is 288 g/mol. The summed E-state index contributed by atoms with van der Waals surface area (Å²) >= 11 is 0. The molecule has 1 saturated carbocycles. The van der Waals surface area contributed by atoms with E-state index >= 15 is 0 Å². The van der Waals surface area contributed by atoms with Crippen LogP contribution in [0.1, 0.15) is 18.4 Å². The number of aliphatic hydroxyl groups excluding tert-OH is 2. The standard InChI is InChI=1S/C13H17FO4S/c1-2-19(17,18)12-11(13(12,7-15)8-16)9-4-3-5-10(14)6-9/h3-6,11-12,15-16H,2,7-8H2,1H3/t11-,12-/m0/s1. The van der Waals surface area contributed by atoms with Gasteiger partial charge in [-0.05, 0) is 17.7 Å². The van der Waals surface area contributed by atoms with Crippen LogP contribution < -0.4 is 0 Å². The lowest BCUT2D eigenvalue weighted by molar-refractivity contribution is 0.130. The van der Waals surface area contributed by atoms with E-state index in [1.807, 2.05) is 0 Å². The van der Waals surface area contributed by atoms with Crippen LogP contribution in [0.4, 0.5) is 4.39 Å². The molecule has 1 aliphatic rings. The second-order valence-corrected chi connectivity index (χ2v) is 7.37. The largest absolute Gasteiger partial charge is 0.396 e. The van der Waals surface area contributed by atoms with Crippen molar-refractivity contribution in [1.82, 2.24) is 0 Å². The Bertz CT molecular complexity index is 566. The molecule has 19 heavy (non-hydrogen) atoms. The molecule has 2 atom stereocenters. The van der Waals surface area contributed by atoms with Crippen LogP contribution in [-0.4, -0.2) is 42.8 Å². The van der Waals surface area contributed by atoms with Crippen LogP contribution in [0.25, 0.3) is 0 Å². The number of rotatable bonds is 5. The maximum absolute atomic E-state index is 13.2. The third-order valence-electron chi connectivity index (χ3n) is 3.97. The van der Waals surface area contributed by atoms with Crippen molar-refractivity contribution in [2.75, 3.05) is 19.0 Å². The highest BCUT2D eigenvalue weighted by atomic mass is 32.2. The molecule has 1 aliphatic carbocycles. The first-order valence-corrected chi connectivity index (χ1v) is 7.83.